The summed E-state index contributed by atoms with van der Waals surface area (Å²) in [6.45, 7) is 1.77. The average Bonchev–Trinajstić information content (AvgIpc) is 3.02. The Morgan fingerprint density at radius 1 is 1.15 bits per heavy atom. The Bertz CT molecular complexity index is 1050. The number of nitrogens with two attached hydrogens (primary N) is 1. The fourth-order valence-corrected chi connectivity index (χ4v) is 3.51. The molecule has 0 saturated heterocycles. The third-order valence-electron chi connectivity index (χ3n) is 4.37. The molecule has 0 amide bonds. The second kappa shape index (κ2) is 6.25. The minimum atomic E-state index is -0.471. The van der Waals surface area contributed by atoms with E-state index >= 15 is 0 Å². The van der Waals surface area contributed by atoms with E-state index in [1.165, 1.54) is 0 Å². The molecule has 0 spiro atoms. The van der Waals surface area contributed by atoms with Crippen molar-refractivity contribution in [2.45, 2.75) is 12.8 Å². The lowest BCUT2D eigenvalue weighted by atomic mass is 9.86. The molecule has 1 aliphatic heterocycles. The van der Waals surface area contributed by atoms with Gasteiger partial charge in [0.15, 0.2) is 5.89 Å². The quantitative estimate of drug-likeness (QED) is 0.719. The van der Waals surface area contributed by atoms with Gasteiger partial charge in [-0.05, 0) is 23.8 Å². The van der Waals surface area contributed by atoms with Crippen LogP contribution in [-0.4, -0.2) is 4.98 Å². The van der Waals surface area contributed by atoms with E-state index in [0.717, 1.165) is 11.3 Å². The maximum atomic E-state index is 9.87. The third-order valence-corrected chi connectivity index (χ3v) is 4.72. The fraction of sp³-hybridized carbons (Fsp3) is 0.100. The van der Waals surface area contributed by atoms with Gasteiger partial charge in [0.25, 0.3) is 0 Å². The molecule has 26 heavy (non-hydrogen) atoms. The summed E-state index contributed by atoms with van der Waals surface area (Å²) in [6, 6.07) is 19.2. The van der Waals surface area contributed by atoms with Crippen molar-refractivity contribution >= 4 is 23.2 Å². The molecule has 0 fully saturated rings. The molecular formula is C20H15ClN4O. The summed E-state index contributed by atoms with van der Waals surface area (Å²) in [7, 11) is 0. The molecule has 1 unspecified atom stereocenters. The van der Waals surface area contributed by atoms with Crippen LogP contribution in [0.25, 0.3) is 0 Å². The van der Waals surface area contributed by atoms with Gasteiger partial charge in [0.05, 0.1) is 23.2 Å². The van der Waals surface area contributed by atoms with Crippen LogP contribution < -0.4 is 10.6 Å². The minimum Gasteiger partial charge on any atom is -0.424 e. The standard InChI is InChI=1S/C20H15ClN4O/c1-12-24-18-17(14-9-5-6-10-16(14)21)15(11-22)19(23)25(20(18)26-12)13-7-3-2-4-8-13/h2-10,17H,23H2,1H3. The van der Waals surface area contributed by atoms with Crippen LogP contribution in [0.4, 0.5) is 11.6 Å². The van der Waals surface area contributed by atoms with E-state index in [1.54, 1.807) is 17.9 Å². The van der Waals surface area contributed by atoms with Crippen molar-refractivity contribution in [3.63, 3.8) is 0 Å². The maximum absolute atomic E-state index is 9.87. The van der Waals surface area contributed by atoms with Gasteiger partial charge in [0, 0.05) is 11.9 Å². The van der Waals surface area contributed by atoms with Gasteiger partial charge < -0.3 is 10.2 Å². The van der Waals surface area contributed by atoms with Gasteiger partial charge in [-0.3, -0.25) is 4.90 Å². The summed E-state index contributed by atoms with van der Waals surface area (Å²) in [6.07, 6.45) is 0. The predicted molar refractivity (Wildman–Crippen MR) is 99.9 cm³/mol. The molecule has 3 aromatic rings. The lowest BCUT2D eigenvalue weighted by Crippen LogP contribution is -2.31. The lowest BCUT2D eigenvalue weighted by molar-refractivity contribution is 0.522. The van der Waals surface area contributed by atoms with Crippen LogP contribution in [-0.2, 0) is 0 Å². The van der Waals surface area contributed by atoms with Crippen molar-refractivity contribution in [3.8, 4) is 6.07 Å². The van der Waals surface area contributed by atoms with Crippen molar-refractivity contribution in [2.75, 3.05) is 4.90 Å². The highest BCUT2D eigenvalue weighted by Gasteiger charge is 2.38. The van der Waals surface area contributed by atoms with Crippen LogP contribution in [0, 0.1) is 18.3 Å². The molecule has 2 aromatic carbocycles. The molecule has 1 aliphatic rings. The molecule has 0 saturated carbocycles. The van der Waals surface area contributed by atoms with Crippen LogP contribution in [0.1, 0.15) is 23.1 Å². The summed E-state index contributed by atoms with van der Waals surface area (Å²) in [5, 5.41) is 10.4. The first-order chi connectivity index (χ1) is 12.6. The zero-order chi connectivity index (χ0) is 18.3. The molecule has 0 bridgehead atoms. The number of rotatable bonds is 2. The van der Waals surface area contributed by atoms with E-state index in [0.29, 0.717) is 33.9 Å². The molecule has 2 heterocycles. The van der Waals surface area contributed by atoms with Crippen LogP contribution in [0.3, 0.4) is 0 Å². The Hall–Kier alpha value is -3.23. The fourth-order valence-electron chi connectivity index (χ4n) is 3.26. The zero-order valence-corrected chi connectivity index (χ0v) is 14.7. The first-order valence-corrected chi connectivity index (χ1v) is 8.46. The summed E-state index contributed by atoms with van der Waals surface area (Å²) < 4.78 is 5.88. The summed E-state index contributed by atoms with van der Waals surface area (Å²) in [5.74, 6) is 0.850. The molecule has 5 nitrogen and oxygen atoms in total. The number of nitriles is 1. The predicted octanol–water partition coefficient (Wildman–Crippen LogP) is 4.61. The van der Waals surface area contributed by atoms with Gasteiger partial charge in [-0.15, -0.1) is 0 Å². The van der Waals surface area contributed by atoms with Crippen molar-refractivity contribution < 1.29 is 4.42 Å². The summed E-state index contributed by atoms with van der Waals surface area (Å²) in [4.78, 5) is 6.27. The lowest BCUT2D eigenvalue weighted by Gasteiger charge is -2.31. The van der Waals surface area contributed by atoms with Crippen molar-refractivity contribution in [1.29, 1.82) is 5.26 Å². The highest BCUT2D eigenvalue weighted by atomic mass is 35.5. The van der Waals surface area contributed by atoms with Gasteiger partial charge in [0.1, 0.15) is 11.5 Å². The summed E-state index contributed by atoms with van der Waals surface area (Å²) in [5.41, 5.74) is 9.01. The minimum absolute atomic E-state index is 0.312. The Kier molecular flexibility index (Phi) is 3.90. The Morgan fingerprint density at radius 3 is 2.54 bits per heavy atom. The maximum Gasteiger partial charge on any atom is 0.230 e. The first-order valence-electron chi connectivity index (χ1n) is 8.08. The number of allylic oxidation sites excluding steroid dienone is 1. The largest absolute Gasteiger partial charge is 0.424 e. The number of nitrogens with zero attached hydrogens (tertiary/aromatic N) is 3. The van der Waals surface area contributed by atoms with E-state index in [-0.39, 0.29) is 0 Å². The number of hydrogen-bond acceptors (Lipinski definition) is 5. The smallest absolute Gasteiger partial charge is 0.230 e. The second-order valence-electron chi connectivity index (χ2n) is 5.96. The van der Waals surface area contributed by atoms with Crippen LogP contribution in [0.15, 0.2) is 70.4 Å². The molecule has 2 N–H and O–H groups in total. The van der Waals surface area contributed by atoms with Crippen LogP contribution in [0.2, 0.25) is 5.02 Å². The summed E-state index contributed by atoms with van der Waals surface area (Å²) >= 11 is 6.41. The van der Waals surface area contributed by atoms with E-state index in [1.807, 2.05) is 48.5 Å². The molecule has 1 atom stereocenters. The topological polar surface area (TPSA) is 79.1 Å². The molecule has 1 aromatic heterocycles. The average molecular weight is 363 g/mol. The number of oxazole rings is 1. The SMILES string of the molecule is Cc1nc2c(o1)N(c1ccccc1)C(N)=C(C#N)C2c1ccccc1Cl. The number of para-hydroxylation sites is 1. The number of halogens is 1. The monoisotopic (exact) mass is 362 g/mol. The molecule has 128 valence electrons. The molecular weight excluding hydrogens is 348 g/mol. The Morgan fingerprint density at radius 2 is 1.85 bits per heavy atom. The van der Waals surface area contributed by atoms with Gasteiger partial charge >= 0.3 is 0 Å². The number of benzene rings is 2. The van der Waals surface area contributed by atoms with Crippen LogP contribution >= 0.6 is 11.6 Å². The Balaban J connectivity index is 2.00. The van der Waals surface area contributed by atoms with Gasteiger partial charge in [-0.1, -0.05) is 48.0 Å². The third kappa shape index (κ3) is 2.43. The molecule has 0 aliphatic carbocycles. The Labute approximate surface area is 155 Å². The number of aryl methyl sites for hydroxylation is 1. The normalized spacial score (nSPS) is 16.3. The van der Waals surface area contributed by atoms with Crippen molar-refractivity contribution in [1.82, 2.24) is 4.98 Å². The second-order valence-corrected chi connectivity index (χ2v) is 6.37. The van der Waals surface area contributed by atoms with Crippen molar-refractivity contribution in [3.05, 3.63) is 88.2 Å². The highest BCUT2D eigenvalue weighted by Crippen LogP contribution is 2.47. The molecule has 4 rings (SSSR count). The zero-order valence-electron chi connectivity index (χ0n) is 14.0. The number of anilines is 2. The number of aromatic nitrogens is 1. The van der Waals surface area contributed by atoms with Gasteiger partial charge in [-0.2, -0.15) is 5.26 Å². The van der Waals surface area contributed by atoms with E-state index in [4.69, 9.17) is 21.8 Å². The molecule has 0 radical (unpaired) electrons. The van der Waals surface area contributed by atoms with Crippen molar-refractivity contribution in [2.24, 2.45) is 5.73 Å². The van der Waals surface area contributed by atoms with Gasteiger partial charge in [0.2, 0.25) is 5.88 Å². The van der Waals surface area contributed by atoms with Crippen LogP contribution in [0.5, 0.6) is 0 Å². The van der Waals surface area contributed by atoms with Gasteiger partial charge in [-0.25, -0.2) is 4.98 Å². The first kappa shape index (κ1) is 16.2. The highest BCUT2D eigenvalue weighted by molar-refractivity contribution is 6.31. The van der Waals surface area contributed by atoms with E-state index in [9.17, 15) is 5.26 Å². The number of hydrogen-bond donors (Lipinski definition) is 1. The number of fused-ring (bicyclic) bond motifs is 1. The van der Waals surface area contributed by atoms with E-state index in [2.05, 4.69) is 11.1 Å². The molecule has 6 heteroatoms. The van der Waals surface area contributed by atoms with E-state index < -0.39 is 5.92 Å².